The summed E-state index contributed by atoms with van der Waals surface area (Å²) in [4.78, 5) is 11.4. The fourth-order valence-electron chi connectivity index (χ4n) is 3.43. The van der Waals surface area contributed by atoms with Crippen molar-refractivity contribution in [2.24, 2.45) is 10.7 Å². The number of pyridine rings is 1. The number of nitrogens with two attached hydrogens (primary N) is 1. The molecule has 2 aliphatic rings. The van der Waals surface area contributed by atoms with E-state index in [1.165, 1.54) is 19.3 Å². The van der Waals surface area contributed by atoms with Crippen molar-refractivity contribution in [2.75, 3.05) is 36.5 Å². The number of rotatable bonds is 4. The van der Waals surface area contributed by atoms with Gasteiger partial charge < -0.3 is 25.4 Å². The number of halogens is 1. The fourth-order valence-corrected chi connectivity index (χ4v) is 3.43. The zero-order chi connectivity index (χ0) is 19.2. The number of piperidine rings is 1. The molecule has 3 heterocycles. The number of benzene rings is 1. The van der Waals surface area contributed by atoms with Crippen LogP contribution in [0.4, 0.5) is 11.5 Å². The minimum atomic E-state index is 0. The highest BCUT2D eigenvalue weighted by Crippen LogP contribution is 2.32. The molecule has 2 aliphatic heterocycles. The molecule has 8 heteroatoms. The molecule has 29 heavy (non-hydrogen) atoms. The third-order valence-corrected chi connectivity index (χ3v) is 4.94. The average Bonchev–Trinajstić information content (AvgIpc) is 2.98. The molecular formula is C21H28IN5O2. The molecule has 1 aromatic carbocycles. The van der Waals surface area contributed by atoms with Crippen molar-refractivity contribution in [2.45, 2.75) is 32.2 Å². The van der Waals surface area contributed by atoms with Gasteiger partial charge in [-0.25, -0.2) is 9.98 Å². The average molecular weight is 509 g/mol. The van der Waals surface area contributed by atoms with Crippen LogP contribution in [-0.4, -0.2) is 37.2 Å². The zero-order valence-electron chi connectivity index (χ0n) is 16.5. The van der Waals surface area contributed by atoms with E-state index in [9.17, 15) is 0 Å². The summed E-state index contributed by atoms with van der Waals surface area (Å²) in [5.41, 5.74) is 7.90. The number of hydrogen-bond donors (Lipinski definition) is 2. The summed E-state index contributed by atoms with van der Waals surface area (Å²) in [5, 5.41) is 3.11. The van der Waals surface area contributed by atoms with Crippen molar-refractivity contribution in [3.63, 3.8) is 0 Å². The van der Waals surface area contributed by atoms with Crippen LogP contribution in [0.25, 0.3) is 0 Å². The zero-order valence-corrected chi connectivity index (χ0v) is 18.8. The van der Waals surface area contributed by atoms with Gasteiger partial charge in [0.1, 0.15) is 5.82 Å². The molecular weight excluding hydrogens is 481 g/mol. The van der Waals surface area contributed by atoms with Crippen LogP contribution in [0.5, 0.6) is 11.5 Å². The third kappa shape index (κ3) is 5.88. The largest absolute Gasteiger partial charge is 0.490 e. The lowest BCUT2D eigenvalue weighted by Gasteiger charge is -2.27. The highest BCUT2D eigenvalue weighted by molar-refractivity contribution is 14.0. The normalized spacial score (nSPS) is 16.6. The number of guanidine groups is 1. The Morgan fingerprint density at radius 2 is 1.83 bits per heavy atom. The minimum absolute atomic E-state index is 0. The van der Waals surface area contributed by atoms with E-state index in [-0.39, 0.29) is 24.0 Å². The lowest BCUT2D eigenvalue weighted by molar-refractivity contribution is 0.297. The number of aliphatic imine (C=N–C) groups is 1. The predicted octanol–water partition coefficient (Wildman–Crippen LogP) is 3.78. The van der Waals surface area contributed by atoms with Crippen LogP contribution in [0, 0.1) is 0 Å². The number of fused-ring (bicyclic) bond motifs is 1. The molecule has 0 spiro atoms. The molecule has 0 aliphatic carbocycles. The van der Waals surface area contributed by atoms with Gasteiger partial charge in [0.25, 0.3) is 0 Å². The molecule has 0 amide bonds. The second-order valence-corrected chi connectivity index (χ2v) is 7.11. The molecule has 0 atom stereocenters. The third-order valence-electron chi connectivity index (χ3n) is 4.94. The van der Waals surface area contributed by atoms with Gasteiger partial charge in [-0.2, -0.15) is 0 Å². The van der Waals surface area contributed by atoms with Crippen LogP contribution in [0.3, 0.4) is 0 Å². The first-order valence-electron chi connectivity index (χ1n) is 9.94. The quantitative estimate of drug-likeness (QED) is 0.371. The van der Waals surface area contributed by atoms with E-state index in [0.717, 1.165) is 48.1 Å². The number of nitrogens with zero attached hydrogens (tertiary/aromatic N) is 3. The Kier molecular flexibility index (Phi) is 7.79. The number of nitrogens with one attached hydrogen (secondary N) is 1. The van der Waals surface area contributed by atoms with Gasteiger partial charge in [-0.05, 0) is 43.0 Å². The van der Waals surface area contributed by atoms with E-state index in [4.69, 9.17) is 15.2 Å². The Bertz CT molecular complexity index is 822. The lowest BCUT2D eigenvalue weighted by atomic mass is 10.1. The molecule has 2 aromatic rings. The second-order valence-electron chi connectivity index (χ2n) is 7.11. The van der Waals surface area contributed by atoms with E-state index in [1.54, 1.807) is 0 Å². The van der Waals surface area contributed by atoms with Crippen LogP contribution in [0.1, 0.15) is 31.2 Å². The van der Waals surface area contributed by atoms with Crippen LogP contribution in [0.2, 0.25) is 0 Å². The van der Waals surface area contributed by atoms with Crippen LogP contribution >= 0.6 is 24.0 Å². The molecule has 7 nitrogen and oxygen atoms in total. The Morgan fingerprint density at radius 1 is 1.03 bits per heavy atom. The summed E-state index contributed by atoms with van der Waals surface area (Å²) in [6.45, 7) is 4.00. The van der Waals surface area contributed by atoms with Gasteiger partial charge >= 0.3 is 0 Å². The summed E-state index contributed by atoms with van der Waals surface area (Å²) >= 11 is 0. The Hall–Kier alpha value is -2.23. The van der Waals surface area contributed by atoms with E-state index >= 15 is 0 Å². The monoisotopic (exact) mass is 509 g/mol. The standard InChI is InChI=1S/C21H27N5O2.HI/c22-21(25-17-6-7-18-19(13-17)28-12-4-11-27-18)24-15-16-5-8-20(23-14-16)26-9-2-1-3-10-26;/h5-8,13-14H,1-4,9-12,15H2,(H3,22,24,25);1H. The highest BCUT2D eigenvalue weighted by Gasteiger charge is 2.12. The van der Waals surface area contributed by atoms with Crippen molar-refractivity contribution >= 4 is 41.4 Å². The number of anilines is 2. The van der Waals surface area contributed by atoms with Crippen molar-refractivity contribution in [3.8, 4) is 11.5 Å². The van der Waals surface area contributed by atoms with E-state index < -0.39 is 0 Å². The number of ether oxygens (including phenoxy) is 2. The summed E-state index contributed by atoms with van der Waals surface area (Å²) in [6, 6.07) is 9.83. The molecule has 4 rings (SSSR count). The smallest absolute Gasteiger partial charge is 0.193 e. The molecule has 3 N–H and O–H groups in total. The Morgan fingerprint density at radius 3 is 2.59 bits per heavy atom. The summed E-state index contributed by atoms with van der Waals surface area (Å²) in [6.07, 6.45) is 6.57. The van der Waals surface area contributed by atoms with Crippen molar-refractivity contribution in [3.05, 3.63) is 42.1 Å². The Balaban J connectivity index is 0.00000240. The van der Waals surface area contributed by atoms with Gasteiger partial charge in [-0.1, -0.05) is 6.07 Å². The van der Waals surface area contributed by atoms with Crippen LogP contribution in [-0.2, 0) is 6.54 Å². The molecule has 156 valence electrons. The molecule has 1 saturated heterocycles. The molecule has 0 saturated carbocycles. The first-order chi connectivity index (χ1) is 13.8. The maximum atomic E-state index is 6.05. The second kappa shape index (κ2) is 10.5. The van der Waals surface area contributed by atoms with E-state index in [2.05, 4.69) is 32.3 Å². The molecule has 0 radical (unpaired) electrons. The number of hydrogen-bond acceptors (Lipinski definition) is 5. The predicted molar refractivity (Wildman–Crippen MR) is 127 cm³/mol. The molecule has 1 fully saturated rings. The van der Waals surface area contributed by atoms with E-state index in [1.807, 2.05) is 24.4 Å². The van der Waals surface area contributed by atoms with Crippen molar-refractivity contribution in [1.29, 1.82) is 0 Å². The molecule has 1 aromatic heterocycles. The van der Waals surface area contributed by atoms with Gasteiger partial charge in [0.2, 0.25) is 0 Å². The highest BCUT2D eigenvalue weighted by atomic mass is 127. The van der Waals surface area contributed by atoms with Crippen molar-refractivity contribution < 1.29 is 9.47 Å². The van der Waals surface area contributed by atoms with Crippen molar-refractivity contribution in [1.82, 2.24) is 4.98 Å². The van der Waals surface area contributed by atoms with Gasteiger partial charge in [0.15, 0.2) is 17.5 Å². The maximum Gasteiger partial charge on any atom is 0.193 e. The SMILES string of the molecule is I.NC(=NCc1ccc(N2CCCCC2)nc1)Nc1ccc2c(c1)OCCCO2. The molecule has 0 bridgehead atoms. The lowest BCUT2D eigenvalue weighted by Crippen LogP contribution is -2.30. The fraction of sp³-hybridized carbons (Fsp3) is 0.429. The van der Waals surface area contributed by atoms with E-state index in [0.29, 0.717) is 25.7 Å². The van der Waals surface area contributed by atoms with Gasteiger partial charge in [-0.3, -0.25) is 0 Å². The van der Waals surface area contributed by atoms with Gasteiger partial charge in [0, 0.05) is 37.5 Å². The maximum absolute atomic E-state index is 6.05. The Labute approximate surface area is 188 Å². The van der Waals surface area contributed by atoms with Gasteiger partial charge in [-0.15, -0.1) is 24.0 Å². The minimum Gasteiger partial charge on any atom is -0.490 e. The summed E-state index contributed by atoms with van der Waals surface area (Å²) in [5.74, 6) is 2.89. The first kappa shape index (κ1) is 21.5. The molecule has 0 unspecified atom stereocenters. The topological polar surface area (TPSA) is 85.0 Å². The first-order valence-corrected chi connectivity index (χ1v) is 9.94. The van der Waals surface area contributed by atoms with Crippen LogP contribution in [0.15, 0.2) is 41.5 Å². The van der Waals surface area contributed by atoms with Gasteiger partial charge in [0.05, 0.1) is 19.8 Å². The number of aromatic nitrogens is 1. The summed E-state index contributed by atoms with van der Waals surface area (Å²) < 4.78 is 11.3. The summed E-state index contributed by atoms with van der Waals surface area (Å²) in [7, 11) is 0. The van der Waals surface area contributed by atoms with Crippen LogP contribution < -0.4 is 25.4 Å².